The second-order valence-corrected chi connectivity index (χ2v) is 2.98. The van der Waals surface area contributed by atoms with Gasteiger partial charge >= 0.3 is 0 Å². The highest BCUT2D eigenvalue weighted by atomic mass is 32.1. The summed E-state index contributed by atoms with van der Waals surface area (Å²) in [5.41, 5.74) is 1.25. The normalized spacial score (nSPS) is 9.73. The molecule has 0 saturated heterocycles. The Morgan fingerprint density at radius 3 is 2.73 bits per heavy atom. The Bertz CT molecular complexity index is 298. The van der Waals surface area contributed by atoms with E-state index < -0.39 is 0 Å². The van der Waals surface area contributed by atoms with Crippen molar-refractivity contribution in [2.75, 3.05) is 0 Å². The topological polar surface area (TPSA) is 30.0 Å². The number of carbonyl (C=O) groups is 1. The Balaban J connectivity index is 3.27. The summed E-state index contributed by atoms with van der Waals surface area (Å²) in [6.45, 7) is 1.87. The van der Waals surface area contributed by atoms with Crippen molar-refractivity contribution in [3.05, 3.63) is 23.5 Å². The molecule has 0 N–H and O–H groups in total. The van der Waals surface area contributed by atoms with Gasteiger partial charge in [0.2, 0.25) is 5.12 Å². The minimum Gasteiger partial charge on any atom is -0.280 e. The quantitative estimate of drug-likeness (QED) is 0.653. The molecule has 0 aliphatic heterocycles. The lowest BCUT2D eigenvalue weighted by molar-refractivity contribution is 0.108. The minimum absolute atomic E-state index is 0.316. The first-order valence-electron chi connectivity index (χ1n) is 3.01. The van der Waals surface area contributed by atoms with Crippen LogP contribution in [-0.2, 0) is 0 Å². The van der Waals surface area contributed by atoms with E-state index in [4.69, 9.17) is 0 Å². The molecule has 1 aromatic rings. The maximum absolute atomic E-state index is 10.8. The summed E-state index contributed by atoms with van der Waals surface area (Å²) in [6, 6.07) is 1.79. The van der Waals surface area contributed by atoms with Crippen molar-refractivity contribution in [3.8, 4) is 0 Å². The zero-order valence-corrected chi connectivity index (χ0v) is 7.69. The number of aryl methyl sites for hydroxylation is 1. The Kier molecular flexibility index (Phi) is 2.57. The summed E-state index contributed by atoms with van der Waals surface area (Å²) in [4.78, 5) is 15.2. The predicted molar refractivity (Wildman–Crippen MR) is 49.5 cm³/mol. The van der Waals surface area contributed by atoms with Gasteiger partial charge in [0.1, 0.15) is 5.69 Å². The summed E-state index contributed by atoms with van der Waals surface area (Å²) in [5.74, 6) is 0. The van der Waals surface area contributed by atoms with E-state index in [0.717, 1.165) is 5.56 Å². The lowest BCUT2D eigenvalue weighted by Crippen LogP contribution is -1.96. The largest absolute Gasteiger partial charge is 0.280 e. The lowest BCUT2D eigenvalue weighted by Gasteiger charge is -2.00. The lowest BCUT2D eigenvalue weighted by atomic mass is 10.2. The van der Waals surface area contributed by atoms with Crippen molar-refractivity contribution in [3.63, 3.8) is 0 Å². The molecule has 58 valence electrons. The number of hydrogen-bond acceptors (Lipinski definition) is 3. The van der Waals surface area contributed by atoms with Crippen LogP contribution in [0.4, 0.5) is 0 Å². The third-order valence-corrected chi connectivity index (χ3v) is 2.10. The summed E-state index contributed by atoms with van der Waals surface area (Å²) in [5, 5.41) is -0.348. The number of thiol groups is 2. The molecule has 1 heterocycles. The van der Waals surface area contributed by atoms with Gasteiger partial charge in [0.05, 0.1) is 0 Å². The Labute approximate surface area is 75.9 Å². The first-order valence-corrected chi connectivity index (χ1v) is 3.90. The second kappa shape index (κ2) is 3.28. The molecule has 0 unspecified atom stereocenters. The second-order valence-electron chi connectivity index (χ2n) is 2.13. The van der Waals surface area contributed by atoms with E-state index in [0.29, 0.717) is 10.6 Å². The van der Waals surface area contributed by atoms with Crippen LogP contribution >= 0.6 is 25.3 Å². The van der Waals surface area contributed by atoms with Gasteiger partial charge in [0.15, 0.2) is 0 Å². The molecule has 0 atom stereocenters. The maximum atomic E-state index is 10.8. The fraction of sp³-hybridized carbons (Fsp3) is 0.143. The molecule has 0 saturated carbocycles. The van der Waals surface area contributed by atoms with Crippen molar-refractivity contribution in [1.29, 1.82) is 0 Å². The van der Waals surface area contributed by atoms with Crippen LogP contribution in [0.2, 0.25) is 0 Å². The average Bonchev–Trinajstić information content (AvgIpc) is 1.94. The van der Waals surface area contributed by atoms with Gasteiger partial charge in [0.25, 0.3) is 0 Å². The highest BCUT2D eigenvalue weighted by Crippen LogP contribution is 2.16. The van der Waals surface area contributed by atoms with E-state index in [9.17, 15) is 4.79 Å². The molecular formula is C7H7NOS2. The molecule has 0 aliphatic carbocycles. The van der Waals surface area contributed by atoms with E-state index in [2.05, 4.69) is 30.2 Å². The smallest absolute Gasteiger partial charge is 0.235 e. The third-order valence-electron chi connectivity index (χ3n) is 1.33. The van der Waals surface area contributed by atoms with E-state index in [-0.39, 0.29) is 5.12 Å². The van der Waals surface area contributed by atoms with Crippen LogP contribution in [-0.4, -0.2) is 10.1 Å². The van der Waals surface area contributed by atoms with Crippen molar-refractivity contribution in [1.82, 2.24) is 4.98 Å². The Morgan fingerprint density at radius 1 is 1.64 bits per heavy atom. The Morgan fingerprint density at radius 2 is 2.27 bits per heavy atom. The molecule has 0 radical (unpaired) electrons. The predicted octanol–water partition coefficient (Wildman–Crippen LogP) is 1.75. The third kappa shape index (κ3) is 1.75. The monoisotopic (exact) mass is 185 g/mol. The highest BCUT2D eigenvalue weighted by molar-refractivity contribution is 7.97. The summed E-state index contributed by atoms with van der Waals surface area (Å²) in [7, 11) is 0. The fourth-order valence-electron chi connectivity index (χ4n) is 0.707. The molecule has 0 aliphatic rings. The van der Waals surface area contributed by atoms with Gasteiger partial charge in [-0.15, -0.1) is 12.6 Å². The minimum atomic E-state index is -0.348. The first-order chi connectivity index (χ1) is 5.13. The maximum Gasteiger partial charge on any atom is 0.235 e. The van der Waals surface area contributed by atoms with E-state index in [1.807, 2.05) is 6.92 Å². The summed E-state index contributed by atoms with van der Waals surface area (Å²) < 4.78 is 0. The van der Waals surface area contributed by atoms with Gasteiger partial charge in [0, 0.05) is 11.1 Å². The number of rotatable bonds is 1. The molecule has 1 rings (SSSR count). The van der Waals surface area contributed by atoms with Crippen LogP contribution in [0.5, 0.6) is 0 Å². The van der Waals surface area contributed by atoms with Crippen LogP contribution in [0.3, 0.4) is 0 Å². The molecule has 4 heteroatoms. The average molecular weight is 185 g/mol. The van der Waals surface area contributed by atoms with Gasteiger partial charge in [-0.2, -0.15) is 0 Å². The number of nitrogens with zero attached hydrogens (tertiary/aromatic N) is 1. The molecule has 0 spiro atoms. The number of carbonyl (C=O) groups excluding carboxylic acids is 1. The van der Waals surface area contributed by atoms with E-state index in [1.165, 1.54) is 0 Å². The van der Waals surface area contributed by atoms with Gasteiger partial charge in [-0.1, -0.05) is 12.6 Å². The molecule has 0 bridgehead atoms. The van der Waals surface area contributed by atoms with E-state index >= 15 is 0 Å². The van der Waals surface area contributed by atoms with Crippen LogP contribution < -0.4 is 0 Å². The van der Waals surface area contributed by atoms with Crippen molar-refractivity contribution < 1.29 is 4.79 Å². The zero-order chi connectivity index (χ0) is 8.43. The summed E-state index contributed by atoms with van der Waals surface area (Å²) in [6.07, 6.45) is 1.57. The Hall–Kier alpha value is -0.480. The molecule has 11 heavy (non-hydrogen) atoms. The van der Waals surface area contributed by atoms with E-state index in [1.54, 1.807) is 12.3 Å². The number of pyridine rings is 1. The van der Waals surface area contributed by atoms with Gasteiger partial charge in [-0.05, 0) is 18.6 Å². The molecule has 0 fully saturated rings. The van der Waals surface area contributed by atoms with Gasteiger partial charge in [-0.25, -0.2) is 0 Å². The molecule has 0 aromatic carbocycles. The van der Waals surface area contributed by atoms with Crippen molar-refractivity contribution in [2.45, 2.75) is 11.8 Å². The van der Waals surface area contributed by atoms with Gasteiger partial charge < -0.3 is 0 Å². The van der Waals surface area contributed by atoms with Gasteiger partial charge in [-0.3, -0.25) is 9.78 Å². The zero-order valence-electron chi connectivity index (χ0n) is 5.90. The summed E-state index contributed by atoms with van der Waals surface area (Å²) >= 11 is 7.77. The molecule has 1 aromatic heterocycles. The SMILES string of the molecule is Cc1ccnc(C(=O)S)c1S. The number of hydrogen-bond donors (Lipinski definition) is 2. The van der Waals surface area contributed by atoms with Crippen LogP contribution in [0.1, 0.15) is 16.1 Å². The van der Waals surface area contributed by atoms with Crippen molar-refractivity contribution in [2.24, 2.45) is 0 Å². The van der Waals surface area contributed by atoms with Crippen LogP contribution in [0.25, 0.3) is 0 Å². The molecule has 0 amide bonds. The highest BCUT2D eigenvalue weighted by Gasteiger charge is 2.07. The molecular weight excluding hydrogens is 178 g/mol. The van der Waals surface area contributed by atoms with Crippen molar-refractivity contribution >= 4 is 30.4 Å². The van der Waals surface area contributed by atoms with Crippen LogP contribution in [0.15, 0.2) is 17.2 Å². The molecule has 2 nitrogen and oxygen atoms in total. The standard InChI is InChI=1S/C7H7NOS2/c1-4-2-3-8-5(6(4)10)7(9)11/h2-3,10H,1H3,(H,9,11). The fourth-order valence-corrected chi connectivity index (χ4v) is 1.20. The first kappa shape index (κ1) is 8.62. The van der Waals surface area contributed by atoms with Crippen LogP contribution in [0, 0.1) is 6.92 Å². The number of aromatic nitrogens is 1.